The number of nitrogens with two attached hydrogens (primary N) is 2. The predicted molar refractivity (Wildman–Crippen MR) is 110 cm³/mol. The molecule has 3 rings (SSSR count). The first-order valence-corrected chi connectivity index (χ1v) is 10.7. The Labute approximate surface area is 190 Å². The minimum atomic E-state index is -0.891. The highest BCUT2D eigenvalue weighted by Crippen LogP contribution is 2.14. The van der Waals surface area contributed by atoms with Gasteiger partial charge in [0.1, 0.15) is 30.3 Å². The molecule has 0 amide bonds. The van der Waals surface area contributed by atoms with Gasteiger partial charge in [-0.25, -0.2) is 4.79 Å². The number of aliphatic carboxylic acids is 1. The Hall–Kier alpha value is -2.65. The molecule has 186 valence electrons. The van der Waals surface area contributed by atoms with Crippen LogP contribution in [0.2, 0.25) is 0 Å². The molecule has 0 radical (unpaired) electrons. The van der Waals surface area contributed by atoms with Gasteiger partial charge in [-0.3, -0.25) is 19.2 Å². The number of carbonyl (C=O) groups is 5. The van der Waals surface area contributed by atoms with E-state index in [2.05, 4.69) is 20.7 Å². The first-order chi connectivity index (χ1) is 15.7. The molecule has 0 aromatic rings. The summed E-state index contributed by atoms with van der Waals surface area (Å²) in [6.45, 7) is 1.03. The summed E-state index contributed by atoms with van der Waals surface area (Å²) in [6.07, 6.45) is 1.66. The van der Waals surface area contributed by atoms with Crippen molar-refractivity contribution >= 4 is 29.8 Å². The van der Waals surface area contributed by atoms with E-state index in [0.29, 0.717) is 19.5 Å². The summed E-state index contributed by atoms with van der Waals surface area (Å²) >= 11 is 0. The Balaban J connectivity index is 0.000000234. The average molecular weight is 473 g/mol. The van der Waals surface area contributed by atoms with Gasteiger partial charge in [0.15, 0.2) is 0 Å². The Kier molecular flexibility index (Phi) is 10.6. The van der Waals surface area contributed by atoms with Crippen LogP contribution in [0, 0.1) is 0 Å². The zero-order valence-electron chi connectivity index (χ0n) is 18.1. The summed E-state index contributed by atoms with van der Waals surface area (Å²) in [7, 11) is 0. The van der Waals surface area contributed by atoms with Gasteiger partial charge in [-0.05, 0) is 19.4 Å². The van der Waals surface area contributed by atoms with E-state index in [-0.39, 0.29) is 37.6 Å². The fraction of sp³-hybridized carbons (Fsp3) is 0.737. The van der Waals surface area contributed by atoms with E-state index in [1.54, 1.807) is 0 Å². The van der Waals surface area contributed by atoms with Gasteiger partial charge in [-0.1, -0.05) is 0 Å². The van der Waals surface area contributed by atoms with Crippen molar-refractivity contribution in [3.05, 3.63) is 0 Å². The third-order valence-corrected chi connectivity index (χ3v) is 5.24. The molecule has 3 aliphatic rings. The SMILES string of the molecule is NCC(=O)OC(=O)[C@@H]1CC(OC(=O)CN)CN1.O=C(O)[C@@H]1CC(OC(=O)[C@@H]2CCCN2)CN1. The maximum absolute atomic E-state index is 11.6. The Morgan fingerprint density at radius 2 is 1.39 bits per heavy atom. The first-order valence-electron chi connectivity index (χ1n) is 10.7. The van der Waals surface area contributed by atoms with Gasteiger partial charge in [-0.2, -0.15) is 0 Å². The summed E-state index contributed by atoms with van der Waals surface area (Å²) in [5, 5.41) is 17.4. The smallest absolute Gasteiger partial charge is 0.330 e. The van der Waals surface area contributed by atoms with Crippen LogP contribution >= 0.6 is 0 Å². The summed E-state index contributed by atoms with van der Waals surface area (Å²) in [5.41, 5.74) is 10.1. The normalized spacial score (nSPS) is 28.4. The van der Waals surface area contributed by atoms with E-state index < -0.39 is 42.1 Å². The lowest BCUT2D eigenvalue weighted by atomic mass is 10.2. The van der Waals surface area contributed by atoms with Crippen LogP contribution in [0.4, 0.5) is 0 Å². The van der Waals surface area contributed by atoms with Crippen LogP contribution in [-0.4, -0.2) is 98.0 Å². The van der Waals surface area contributed by atoms with E-state index >= 15 is 0 Å². The largest absolute Gasteiger partial charge is 0.480 e. The molecule has 33 heavy (non-hydrogen) atoms. The summed E-state index contributed by atoms with van der Waals surface area (Å²) in [6, 6.07) is -1.46. The highest BCUT2D eigenvalue weighted by Gasteiger charge is 2.34. The van der Waals surface area contributed by atoms with Crippen molar-refractivity contribution < 1.29 is 43.3 Å². The molecule has 0 aromatic heterocycles. The number of hydrogen-bond donors (Lipinski definition) is 6. The quantitative estimate of drug-likeness (QED) is 0.119. The van der Waals surface area contributed by atoms with Crippen LogP contribution in [0.3, 0.4) is 0 Å². The monoisotopic (exact) mass is 473 g/mol. The molecular weight excluding hydrogens is 442 g/mol. The second kappa shape index (κ2) is 13.2. The summed E-state index contributed by atoms with van der Waals surface area (Å²) in [4.78, 5) is 55.4. The van der Waals surface area contributed by atoms with Crippen LogP contribution in [0.25, 0.3) is 0 Å². The number of carboxylic acid groups (broad SMARTS) is 1. The minimum absolute atomic E-state index is 0.205. The second-order valence-corrected chi connectivity index (χ2v) is 7.75. The number of carboxylic acids is 1. The molecule has 0 aromatic carbocycles. The van der Waals surface area contributed by atoms with Crippen LogP contribution in [0.1, 0.15) is 25.7 Å². The van der Waals surface area contributed by atoms with Crippen LogP contribution in [-0.2, 0) is 38.2 Å². The number of esters is 4. The van der Waals surface area contributed by atoms with E-state index in [9.17, 15) is 24.0 Å². The van der Waals surface area contributed by atoms with E-state index in [4.69, 9.17) is 26.0 Å². The Morgan fingerprint density at radius 3 is 1.94 bits per heavy atom. The first kappa shape index (κ1) is 26.6. The molecule has 3 aliphatic heterocycles. The van der Waals surface area contributed by atoms with Gasteiger partial charge in [0.05, 0.1) is 13.1 Å². The van der Waals surface area contributed by atoms with Crippen LogP contribution < -0.4 is 27.4 Å². The van der Waals surface area contributed by atoms with Gasteiger partial charge in [-0.15, -0.1) is 0 Å². The predicted octanol–water partition coefficient (Wildman–Crippen LogP) is -3.66. The molecular formula is C19H31N5O9. The Bertz CT molecular complexity index is 728. The maximum atomic E-state index is 11.6. The van der Waals surface area contributed by atoms with Crippen molar-refractivity contribution in [2.45, 2.75) is 56.0 Å². The lowest BCUT2D eigenvalue weighted by Crippen LogP contribution is -2.35. The number of nitrogens with one attached hydrogen (secondary N) is 3. The zero-order valence-corrected chi connectivity index (χ0v) is 18.1. The van der Waals surface area contributed by atoms with Crippen molar-refractivity contribution in [1.29, 1.82) is 0 Å². The maximum Gasteiger partial charge on any atom is 0.330 e. The van der Waals surface area contributed by atoms with Gasteiger partial charge in [0, 0.05) is 25.9 Å². The van der Waals surface area contributed by atoms with E-state index in [1.807, 2.05) is 0 Å². The molecule has 0 aliphatic carbocycles. The number of ether oxygens (including phenoxy) is 3. The number of rotatable bonds is 7. The second-order valence-electron chi connectivity index (χ2n) is 7.75. The average Bonchev–Trinajstić information content (AvgIpc) is 3.55. The standard InChI is InChI=1S/C10H16N2O4.C9H15N3O5/c13-9(14)8-4-6(5-12-8)16-10(15)7-2-1-3-11-7;10-2-7(13)16-5-1-6(12-4-5)9(15)17-8(14)3-11/h6-8,11-12H,1-5H2,(H,13,14);5-6,12H,1-4,10-11H2/t6?,7-,8-;5?,6-/m00/s1. The van der Waals surface area contributed by atoms with Crippen molar-refractivity contribution in [2.24, 2.45) is 11.5 Å². The van der Waals surface area contributed by atoms with Gasteiger partial charge < -0.3 is 46.7 Å². The molecule has 0 bridgehead atoms. The molecule has 3 saturated heterocycles. The van der Waals surface area contributed by atoms with Crippen molar-refractivity contribution in [3.8, 4) is 0 Å². The fourth-order valence-corrected chi connectivity index (χ4v) is 3.54. The highest BCUT2D eigenvalue weighted by atomic mass is 16.6. The molecule has 2 unspecified atom stereocenters. The topological polar surface area (TPSA) is 221 Å². The number of hydrogen-bond acceptors (Lipinski definition) is 13. The Morgan fingerprint density at radius 1 is 0.788 bits per heavy atom. The molecule has 0 saturated carbocycles. The van der Waals surface area contributed by atoms with Crippen LogP contribution in [0.15, 0.2) is 0 Å². The van der Waals surface area contributed by atoms with Crippen LogP contribution in [0.5, 0.6) is 0 Å². The molecule has 14 heteroatoms. The zero-order chi connectivity index (χ0) is 24.4. The molecule has 0 spiro atoms. The minimum Gasteiger partial charge on any atom is -0.480 e. The van der Waals surface area contributed by atoms with Gasteiger partial charge >= 0.3 is 29.8 Å². The summed E-state index contributed by atoms with van der Waals surface area (Å²) in [5.74, 6) is -3.19. The number of carbonyl (C=O) groups excluding carboxylic acids is 4. The highest BCUT2D eigenvalue weighted by molar-refractivity contribution is 5.89. The van der Waals surface area contributed by atoms with Crippen molar-refractivity contribution in [1.82, 2.24) is 16.0 Å². The lowest BCUT2D eigenvalue weighted by Gasteiger charge is -2.14. The van der Waals surface area contributed by atoms with E-state index in [0.717, 1.165) is 19.4 Å². The fourth-order valence-electron chi connectivity index (χ4n) is 3.54. The molecule has 3 heterocycles. The molecule has 3 fully saturated rings. The third kappa shape index (κ3) is 8.66. The van der Waals surface area contributed by atoms with Gasteiger partial charge in [0.2, 0.25) is 0 Å². The molecule has 5 atom stereocenters. The molecule has 8 N–H and O–H groups in total. The third-order valence-electron chi connectivity index (χ3n) is 5.24. The van der Waals surface area contributed by atoms with Crippen molar-refractivity contribution in [3.63, 3.8) is 0 Å². The van der Waals surface area contributed by atoms with Crippen molar-refractivity contribution in [2.75, 3.05) is 32.7 Å². The lowest BCUT2D eigenvalue weighted by molar-refractivity contribution is -0.160. The van der Waals surface area contributed by atoms with Gasteiger partial charge in [0.25, 0.3) is 0 Å². The summed E-state index contributed by atoms with van der Waals surface area (Å²) < 4.78 is 14.6. The van der Waals surface area contributed by atoms with E-state index in [1.165, 1.54) is 0 Å². The molecule has 14 nitrogen and oxygen atoms in total.